The van der Waals surface area contributed by atoms with Crippen molar-refractivity contribution in [2.24, 2.45) is 10.8 Å². The first-order valence-corrected chi connectivity index (χ1v) is 12.6. The summed E-state index contributed by atoms with van der Waals surface area (Å²) in [5, 5.41) is 2.36. The maximum absolute atomic E-state index is 13.7. The van der Waals surface area contributed by atoms with E-state index in [1.807, 2.05) is 12.1 Å². The van der Waals surface area contributed by atoms with Crippen molar-refractivity contribution in [3.05, 3.63) is 87.5 Å². The normalized spacial score (nSPS) is 21.3. The maximum atomic E-state index is 13.7. The first-order chi connectivity index (χ1) is 17.0. The van der Waals surface area contributed by atoms with Crippen molar-refractivity contribution in [1.82, 2.24) is 15.4 Å². The van der Waals surface area contributed by atoms with Gasteiger partial charge in [0.05, 0.1) is 0 Å². The largest absolute Gasteiger partial charge is 0.294 e. The Labute approximate surface area is 216 Å². The monoisotopic (exact) mass is 503 g/mol. The molecule has 7 heteroatoms. The van der Waals surface area contributed by atoms with Crippen molar-refractivity contribution >= 4 is 29.1 Å². The van der Waals surface area contributed by atoms with Gasteiger partial charge in [-0.1, -0.05) is 51.4 Å². The number of hydrogen-bond acceptors (Lipinski definition) is 5. The molecule has 0 bridgehead atoms. The van der Waals surface area contributed by atoms with Gasteiger partial charge in [-0.2, -0.15) is 0 Å². The molecule has 1 aliphatic heterocycles. The fourth-order valence-corrected chi connectivity index (χ4v) is 5.88. The van der Waals surface area contributed by atoms with E-state index in [1.165, 1.54) is 0 Å². The zero-order chi connectivity index (χ0) is 25.8. The third kappa shape index (κ3) is 4.39. The molecular weight excluding hydrogens is 474 g/mol. The number of halogens is 1. The van der Waals surface area contributed by atoms with Gasteiger partial charge in [-0.3, -0.25) is 29.8 Å². The van der Waals surface area contributed by atoms with Crippen LogP contribution in [0.1, 0.15) is 75.2 Å². The minimum absolute atomic E-state index is 0.00791. The van der Waals surface area contributed by atoms with Gasteiger partial charge in [-0.05, 0) is 53.5 Å². The molecule has 6 nitrogen and oxygen atoms in total. The summed E-state index contributed by atoms with van der Waals surface area (Å²) < 4.78 is 0. The molecule has 0 atom stereocenters. The van der Waals surface area contributed by atoms with Gasteiger partial charge in [0.1, 0.15) is 0 Å². The van der Waals surface area contributed by atoms with E-state index < -0.39 is 5.92 Å². The average molecular weight is 504 g/mol. The zero-order valence-corrected chi connectivity index (χ0v) is 21.8. The standard InChI is InChI=1S/C29H30ClN3O3/c1-28(2)13-20-25(22(34)15-28)24(17-5-7-19(30)8-6-17)26-21(14-29(3,4)16-23(26)35)33(20)32-27(36)18-9-11-31-12-10-18/h5-12,24H,13-16H2,1-4H3,(H,32,36). The molecule has 36 heavy (non-hydrogen) atoms. The Hall–Kier alpha value is -3.25. The van der Waals surface area contributed by atoms with Crippen molar-refractivity contribution < 1.29 is 14.4 Å². The summed E-state index contributed by atoms with van der Waals surface area (Å²) in [6.45, 7) is 8.26. The van der Waals surface area contributed by atoms with Crippen molar-refractivity contribution in [2.45, 2.75) is 59.3 Å². The van der Waals surface area contributed by atoms with Crippen LogP contribution in [0.25, 0.3) is 0 Å². The predicted molar refractivity (Wildman–Crippen MR) is 138 cm³/mol. The molecule has 5 rings (SSSR count). The molecule has 0 saturated heterocycles. The Morgan fingerprint density at radius 2 is 1.36 bits per heavy atom. The van der Waals surface area contributed by atoms with Gasteiger partial charge in [0, 0.05) is 64.3 Å². The summed E-state index contributed by atoms with van der Waals surface area (Å²) in [5.41, 5.74) is 6.53. The number of Topliss-reactive ketones (excluding diaryl/α,β-unsaturated/α-hetero) is 2. The molecule has 2 aromatic rings. The van der Waals surface area contributed by atoms with Crippen molar-refractivity contribution in [1.29, 1.82) is 0 Å². The Kier molecular flexibility index (Phi) is 5.91. The zero-order valence-electron chi connectivity index (χ0n) is 21.0. The molecule has 0 radical (unpaired) electrons. The van der Waals surface area contributed by atoms with Gasteiger partial charge in [0.2, 0.25) is 0 Å². The molecule has 0 spiro atoms. The minimum Gasteiger partial charge on any atom is -0.294 e. The van der Waals surface area contributed by atoms with Crippen LogP contribution in [0.15, 0.2) is 71.3 Å². The first kappa shape index (κ1) is 24.4. The summed E-state index contributed by atoms with van der Waals surface area (Å²) in [6.07, 6.45) is 5.09. The van der Waals surface area contributed by atoms with E-state index in [0.29, 0.717) is 47.4 Å². The number of aromatic nitrogens is 1. The van der Waals surface area contributed by atoms with E-state index in [9.17, 15) is 14.4 Å². The average Bonchev–Trinajstić information content (AvgIpc) is 2.79. The molecule has 3 aliphatic rings. The Bertz CT molecular complexity index is 1270. The first-order valence-electron chi connectivity index (χ1n) is 12.2. The Balaban J connectivity index is 1.73. The highest BCUT2D eigenvalue weighted by Gasteiger charge is 2.49. The lowest BCUT2D eigenvalue weighted by Gasteiger charge is -2.48. The van der Waals surface area contributed by atoms with Gasteiger partial charge < -0.3 is 0 Å². The minimum atomic E-state index is -0.478. The number of nitrogens with one attached hydrogen (secondary N) is 1. The highest BCUT2D eigenvalue weighted by atomic mass is 35.5. The van der Waals surface area contributed by atoms with E-state index in [0.717, 1.165) is 17.0 Å². The molecular formula is C29H30ClN3O3. The third-order valence-corrected chi connectivity index (χ3v) is 7.52. The number of amides is 1. The number of ketones is 2. The molecule has 0 unspecified atom stereocenters. The van der Waals surface area contributed by atoms with Gasteiger partial charge in [-0.15, -0.1) is 0 Å². The number of carbonyl (C=O) groups is 3. The second kappa shape index (κ2) is 8.70. The predicted octanol–water partition coefficient (Wildman–Crippen LogP) is 5.77. The summed E-state index contributed by atoms with van der Waals surface area (Å²) in [5.74, 6) is -0.775. The van der Waals surface area contributed by atoms with Crippen molar-refractivity contribution in [3.8, 4) is 0 Å². The van der Waals surface area contributed by atoms with Gasteiger partial charge in [-0.25, -0.2) is 0 Å². The molecule has 0 saturated carbocycles. The quantitative estimate of drug-likeness (QED) is 0.575. The summed E-state index contributed by atoms with van der Waals surface area (Å²) >= 11 is 6.18. The lowest BCUT2D eigenvalue weighted by molar-refractivity contribution is -0.119. The van der Waals surface area contributed by atoms with Crippen LogP contribution in [0.3, 0.4) is 0 Å². The Morgan fingerprint density at radius 3 is 1.86 bits per heavy atom. The SMILES string of the molecule is CC1(C)CC(=O)C2=C(C1)N(NC(=O)c1ccncc1)C1=C(C(=O)CC(C)(C)C1)C2c1ccc(Cl)cc1. The third-order valence-electron chi connectivity index (χ3n) is 7.27. The van der Waals surface area contributed by atoms with Crippen LogP contribution in [0.4, 0.5) is 0 Å². The van der Waals surface area contributed by atoms with E-state index in [1.54, 1.807) is 41.7 Å². The molecule has 1 N–H and O–H groups in total. The highest BCUT2D eigenvalue weighted by Crippen LogP contribution is 2.53. The van der Waals surface area contributed by atoms with E-state index in [4.69, 9.17) is 11.6 Å². The van der Waals surface area contributed by atoms with Crippen LogP contribution in [0.5, 0.6) is 0 Å². The molecule has 1 aromatic carbocycles. The van der Waals surface area contributed by atoms with E-state index in [-0.39, 0.29) is 28.3 Å². The molecule has 186 valence electrons. The van der Waals surface area contributed by atoms with Gasteiger partial charge in [0.15, 0.2) is 11.6 Å². The number of allylic oxidation sites excluding steroid dienone is 4. The lowest BCUT2D eigenvalue weighted by Crippen LogP contribution is -2.50. The topological polar surface area (TPSA) is 79.4 Å². The van der Waals surface area contributed by atoms with Gasteiger partial charge in [0.25, 0.3) is 5.91 Å². The lowest BCUT2D eigenvalue weighted by atomic mass is 9.64. The number of nitrogens with zero attached hydrogens (tertiary/aromatic N) is 2. The smallest absolute Gasteiger partial charge is 0.270 e. The van der Waals surface area contributed by atoms with E-state index >= 15 is 0 Å². The van der Waals surface area contributed by atoms with Crippen LogP contribution in [0.2, 0.25) is 5.02 Å². The molecule has 2 aliphatic carbocycles. The second-order valence-electron chi connectivity index (χ2n) is 11.6. The maximum Gasteiger partial charge on any atom is 0.270 e. The molecule has 2 heterocycles. The highest BCUT2D eigenvalue weighted by molar-refractivity contribution is 6.30. The van der Waals surface area contributed by atoms with Crippen LogP contribution in [0, 0.1) is 10.8 Å². The molecule has 1 aromatic heterocycles. The number of rotatable bonds is 3. The number of hydrazine groups is 1. The Morgan fingerprint density at radius 1 is 0.861 bits per heavy atom. The fraction of sp³-hybridized carbons (Fsp3) is 0.379. The van der Waals surface area contributed by atoms with Crippen molar-refractivity contribution in [2.75, 3.05) is 0 Å². The van der Waals surface area contributed by atoms with Crippen LogP contribution in [-0.4, -0.2) is 27.5 Å². The summed E-state index contributed by atoms with van der Waals surface area (Å²) in [7, 11) is 0. The van der Waals surface area contributed by atoms with Crippen LogP contribution < -0.4 is 5.43 Å². The number of pyridine rings is 1. The van der Waals surface area contributed by atoms with Crippen molar-refractivity contribution in [3.63, 3.8) is 0 Å². The second-order valence-corrected chi connectivity index (χ2v) is 12.0. The van der Waals surface area contributed by atoms with Crippen LogP contribution in [-0.2, 0) is 9.59 Å². The molecule has 1 amide bonds. The molecule has 0 fully saturated rings. The van der Waals surface area contributed by atoms with Crippen LogP contribution >= 0.6 is 11.6 Å². The number of benzene rings is 1. The van der Waals surface area contributed by atoms with Gasteiger partial charge >= 0.3 is 0 Å². The number of carbonyl (C=O) groups excluding carboxylic acids is 3. The fourth-order valence-electron chi connectivity index (χ4n) is 5.76. The summed E-state index contributed by atoms with van der Waals surface area (Å²) in [6, 6.07) is 10.7. The summed E-state index contributed by atoms with van der Waals surface area (Å²) in [4.78, 5) is 44.8. The van der Waals surface area contributed by atoms with E-state index in [2.05, 4.69) is 38.1 Å². The number of hydrogen-bond donors (Lipinski definition) is 1.